The van der Waals surface area contributed by atoms with Crippen molar-refractivity contribution in [1.82, 2.24) is 25.0 Å². The van der Waals surface area contributed by atoms with Gasteiger partial charge in [-0.2, -0.15) is 0 Å². The Kier molecular flexibility index (Phi) is 5.55. The van der Waals surface area contributed by atoms with E-state index in [-0.39, 0.29) is 11.7 Å². The largest absolute Gasteiger partial charge is 0.379 e. The van der Waals surface area contributed by atoms with Gasteiger partial charge in [-0.25, -0.2) is 9.67 Å². The van der Waals surface area contributed by atoms with Gasteiger partial charge in [-0.3, -0.25) is 9.69 Å². The van der Waals surface area contributed by atoms with Crippen LogP contribution in [0.1, 0.15) is 22.9 Å². The van der Waals surface area contributed by atoms with Crippen LogP contribution in [0.2, 0.25) is 0 Å². The number of aryl methyl sites for hydroxylation is 1. The van der Waals surface area contributed by atoms with Crippen LogP contribution in [0.5, 0.6) is 0 Å². The number of carbonyl (C=O) groups excluding carboxylic acids is 1. The number of ether oxygens (including phenoxy) is 1. The van der Waals surface area contributed by atoms with Crippen molar-refractivity contribution in [2.45, 2.75) is 13.3 Å². The molecule has 1 aromatic carbocycles. The summed E-state index contributed by atoms with van der Waals surface area (Å²) in [5, 5.41) is 7.21. The molecule has 2 aromatic rings. The lowest BCUT2D eigenvalue weighted by Gasteiger charge is -2.26. The van der Waals surface area contributed by atoms with Crippen LogP contribution < -0.4 is 5.32 Å². The van der Waals surface area contributed by atoms with Crippen molar-refractivity contribution in [2.75, 3.05) is 39.4 Å². The van der Waals surface area contributed by atoms with Crippen LogP contribution in [-0.4, -0.2) is 65.0 Å². The Bertz CT molecular complexity index is 665. The topological polar surface area (TPSA) is 72.3 Å². The minimum atomic E-state index is -0.227. The predicted molar refractivity (Wildman–Crippen MR) is 90.3 cm³/mol. The molecule has 1 aromatic heterocycles. The Balaban J connectivity index is 1.50. The van der Waals surface area contributed by atoms with Crippen molar-refractivity contribution in [3.63, 3.8) is 0 Å². The molecule has 1 fully saturated rings. The van der Waals surface area contributed by atoms with Gasteiger partial charge < -0.3 is 10.1 Å². The van der Waals surface area contributed by atoms with Gasteiger partial charge >= 0.3 is 0 Å². The summed E-state index contributed by atoms with van der Waals surface area (Å²) in [7, 11) is 0. The number of carbonyl (C=O) groups is 1. The van der Waals surface area contributed by atoms with Crippen LogP contribution in [0.3, 0.4) is 0 Å². The molecule has 1 N–H and O–H groups in total. The van der Waals surface area contributed by atoms with Crippen molar-refractivity contribution in [1.29, 1.82) is 0 Å². The number of morpholine rings is 1. The normalized spacial score (nSPS) is 15.4. The number of benzene rings is 1. The summed E-state index contributed by atoms with van der Waals surface area (Å²) in [5.74, 6) is 0.678. The maximum Gasteiger partial charge on any atom is 0.290 e. The van der Waals surface area contributed by atoms with Gasteiger partial charge in [0.05, 0.1) is 18.9 Å². The molecule has 1 aliphatic heterocycles. The van der Waals surface area contributed by atoms with Gasteiger partial charge in [0.25, 0.3) is 5.91 Å². The smallest absolute Gasteiger partial charge is 0.290 e. The average molecular weight is 329 g/mol. The number of amides is 1. The molecule has 0 bridgehead atoms. The number of rotatable bonds is 6. The van der Waals surface area contributed by atoms with Crippen molar-refractivity contribution < 1.29 is 9.53 Å². The van der Waals surface area contributed by atoms with E-state index in [0.717, 1.165) is 45.0 Å². The van der Waals surface area contributed by atoms with Crippen molar-refractivity contribution in [2.24, 2.45) is 0 Å². The fourth-order valence-corrected chi connectivity index (χ4v) is 2.71. The Morgan fingerprint density at radius 1 is 1.25 bits per heavy atom. The van der Waals surface area contributed by atoms with Gasteiger partial charge in [-0.15, -0.1) is 5.10 Å². The van der Waals surface area contributed by atoms with Crippen LogP contribution in [-0.2, 0) is 4.74 Å². The van der Waals surface area contributed by atoms with E-state index in [1.54, 1.807) is 4.68 Å². The Labute approximate surface area is 141 Å². The number of hydrogen-bond acceptors (Lipinski definition) is 5. The van der Waals surface area contributed by atoms with E-state index in [1.807, 2.05) is 37.3 Å². The minimum Gasteiger partial charge on any atom is -0.379 e. The SMILES string of the molecule is Cc1nc(C(=O)NCCCN2CCOCC2)nn1-c1ccccc1. The highest BCUT2D eigenvalue weighted by atomic mass is 16.5. The summed E-state index contributed by atoms with van der Waals surface area (Å²) in [5.41, 5.74) is 0.897. The third kappa shape index (κ3) is 4.18. The standard InChI is InChI=1S/C17H23N5O2/c1-14-19-16(20-22(14)15-6-3-2-4-7-15)17(23)18-8-5-9-21-10-12-24-13-11-21/h2-4,6-7H,5,8-13H2,1H3,(H,18,23). The lowest BCUT2D eigenvalue weighted by Crippen LogP contribution is -2.38. The van der Waals surface area contributed by atoms with Gasteiger partial charge in [0.15, 0.2) is 0 Å². The first-order valence-electron chi connectivity index (χ1n) is 8.31. The Morgan fingerprint density at radius 3 is 2.75 bits per heavy atom. The monoisotopic (exact) mass is 329 g/mol. The molecule has 7 heteroatoms. The van der Waals surface area contributed by atoms with Crippen molar-refractivity contribution in [3.8, 4) is 5.69 Å². The third-order valence-electron chi connectivity index (χ3n) is 4.01. The molecular formula is C17H23N5O2. The second-order valence-electron chi connectivity index (χ2n) is 5.79. The zero-order valence-corrected chi connectivity index (χ0v) is 13.9. The first-order chi connectivity index (χ1) is 11.7. The van der Waals surface area contributed by atoms with E-state index < -0.39 is 0 Å². The number of nitrogens with one attached hydrogen (secondary N) is 1. The van der Waals surface area contributed by atoms with Gasteiger partial charge in [-0.05, 0) is 32.0 Å². The molecule has 7 nitrogen and oxygen atoms in total. The van der Waals surface area contributed by atoms with E-state index in [0.29, 0.717) is 12.4 Å². The zero-order chi connectivity index (χ0) is 16.8. The molecule has 128 valence electrons. The fourth-order valence-electron chi connectivity index (χ4n) is 2.71. The lowest BCUT2D eigenvalue weighted by molar-refractivity contribution is 0.0374. The van der Waals surface area contributed by atoms with Crippen LogP contribution in [0.4, 0.5) is 0 Å². The van der Waals surface area contributed by atoms with E-state index >= 15 is 0 Å². The van der Waals surface area contributed by atoms with E-state index in [1.165, 1.54) is 0 Å². The average Bonchev–Trinajstić information content (AvgIpc) is 3.02. The zero-order valence-electron chi connectivity index (χ0n) is 13.9. The molecule has 1 aliphatic rings. The predicted octanol–water partition coefficient (Wildman–Crippen LogP) is 1.03. The van der Waals surface area contributed by atoms with Crippen molar-refractivity contribution >= 4 is 5.91 Å². The molecular weight excluding hydrogens is 306 g/mol. The van der Waals surface area contributed by atoms with Gasteiger partial charge in [0.1, 0.15) is 5.82 Å². The van der Waals surface area contributed by atoms with Gasteiger partial charge in [-0.1, -0.05) is 18.2 Å². The molecule has 1 amide bonds. The summed E-state index contributed by atoms with van der Waals surface area (Å²) in [6, 6.07) is 9.68. The van der Waals surface area contributed by atoms with Crippen molar-refractivity contribution in [3.05, 3.63) is 42.0 Å². The number of hydrogen-bond donors (Lipinski definition) is 1. The fraction of sp³-hybridized carbons (Fsp3) is 0.471. The van der Waals surface area contributed by atoms with Gasteiger partial charge in [0, 0.05) is 19.6 Å². The third-order valence-corrected chi connectivity index (χ3v) is 4.01. The van der Waals surface area contributed by atoms with Crippen LogP contribution in [0.15, 0.2) is 30.3 Å². The summed E-state index contributed by atoms with van der Waals surface area (Å²) < 4.78 is 7.00. The maximum atomic E-state index is 12.2. The van der Waals surface area contributed by atoms with Gasteiger partial charge in [0.2, 0.25) is 5.82 Å². The number of aromatic nitrogens is 3. The molecule has 1 saturated heterocycles. The van der Waals surface area contributed by atoms with Crippen LogP contribution in [0, 0.1) is 6.92 Å². The summed E-state index contributed by atoms with van der Waals surface area (Å²) in [6.07, 6.45) is 0.907. The summed E-state index contributed by atoms with van der Waals surface area (Å²) in [6.45, 7) is 6.96. The molecule has 0 saturated carbocycles. The molecule has 3 rings (SSSR count). The van der Waals surface area contributed by atoms with Crippen LogP contribution in [0.25, 0.3) is 5.69 Å². The number of para-hydroxylation sites is 1. The summed E-state index contributed by atoms with van der Waals surface area (Å²) in [4.78, 5) is 18.8. The first-order valence-corrected chi connectivity index (χ1v) is 8.31. The maximum absolute atomic E-state index is 12.2. The minimum absolute atomic E-state index is 0.211. The summed E-state index contributed by atoms with van der Waals surface area (Å²) >= 11 is 0. The lowest BCUT2D eigenvalue weighted by atomic mass is 10.3. The molecule has 2 heterocycles. The first kappa shape index (κ1) is 16.6. The molecule has 0 spiro atoms. The molecule has 24 heavy (non-hydrogen) atoms. The molecule has 0 radical (unpaired) electrons. The highest BCUT2D eigenvalue weighted by Crippen LogP contribution is 2.08. The van der Waals surface area contributed by atoms with E-state index in [4.69, 9.17) is 4.74 Å². The highest BCUT2D eigenvalue weighted by molar-refractivity contribution is 5.90. The van der Waals surface area contributed by atoms with E-state index in [2.05, 4.69) is 20.3 Å². The van der Waals surface area contributed by atoms with E-state index in [9.17, 15) is 4.79 Å². The number of nitrogens with zero attached hydrogens (tertiary/aromatic N) is 4. The second kappa shape index (κ2) is 8.03. The molecule has 0 unspecified atom stereocenters. The Morgan fingerprint density at radius 2 is 2.00 bits per heavy atom. The van der Waals surface area contributed by atoms with Crippen LogP contribution >= 0.6 is 0 Å². The second-order valence-corrected chi connectivity index (χ2v) is 5.79. The Hall–Kier alpha value is -2.25. The molecule has 0 atom stereocenters. The highest BCUT2D eigenvalue weighted by Gasteiger charge is 2.15. The molecule has 0 aliphatic carbocycles. The quantitative estimate of drug-likeness (QED) is 0.802.